The van der Waals surface area contributed by atoms with Crippen LogP contribution in [0.1, 0.15) is 11.1 Å². The maximum absolute atomic E-state index is 12.9. The molecule has 0 aliphatic heterocycles. The molecule has 0 unspecified atom stereocenters. The number of nitrogens with zero attached hydrogens (tertiary/aromatic N) is 4. The first-order chi connectivity index (χ1) is 11.7. The summed E-state index contributed by atoms with van der Waals surface area (Å²) in [6, 6.07) is 6.51. The fourth-order valence-electron chi connectivity index (χ4n) is 2.36. The molecule has 2 aromatic heterocycles. The Kier molecular flexibility index (Phi) is 3.96. The molecule has 9 heteroatoms. The standard InChI is InChI=1S/C16H16N4O4S/c1-10-4-6-12(7-5-10)25(23,24)20-9-11(2)14-15(20)17-8-13(18-14)19(3)16(21)22/h4-9H,1-3H3,(H,21,22). The Labute approximate surface area is 144 Å². The topological polar surface area (TPSA) is 105 Å². The molecule has 3 rings (SSSR count). The number of rotatable bonds is 3. The Morgan fingerprint density at radius 2 is 1.84 bits per heavy atom. The average Bonchev–Trinajstić information content (AvgIpc) is 2.91. The predicted molar refractivity (Wildman–Crippen MR) is 92.5 cm³/mol. The zero-order valence-electron chi connectivity index (χ0n) is 13.8. The van der Waals surface area contributed by atoms with Crippen molar-refractivity contribution >= 4 is 33.1 Å². The highest BCUT2D eigenvalue weighted by Crippen LogP contribution is 2.24. The lowest BCUT2D eigenvalue weighted by Crippen LogP contribution is -2.25. The number of anilines is 1. The van der Waals surface area contributed by atoms with Gasteiger partial charge in [0, 0.05) is 13.2 Å². The smallest absolute Gasteiger partial charge is 0.412 e. The number of fused-ring (bicyclic) bond motifs is 1. The van der Waals surface area contributed by atoms with E-state index >= 15 is 0 Å². The summed E-state index contributed by atoms with van der Waals surface area (Å²) in [5.74, 6) is 0.119. The van der Waals surface area contributed by atoms with Gasteiger partial charge in [0.05, 0.1) is 11.1 Å². The molecule has 1 aromatic carbocycles. The highest BCUT2D eigenvalue weighted by molar-refractivity contribution is 7.90. The maximum Gasteiger partial charge on any atom is 0.412 e. The van der Waals surface area contributed by atoms with Crippen LogP contribution in [-0.4, -0.2) is 40.6 Å². The summed E-state index contributed by atoms with van der Waals surface area (Å²) in [6.07, 6.45) is 1.49. The fraction of sp³-hybridized carbons (Fsp3) is 0.188. The minimum atomic E-state index is -3.83. The van der Waals surface area contributed by atoms with Gasteiger partial charge in [-0.05, 0) is 31.5 Å². The monoisotopic (exact) mass is 360 g/mol. The van der Waals surface area contributed by atoms with Crippen LogP contribution in [0.2, 0.25) is 0 Å². The quantitative estimate of drug-likeness (QED) is 0.769. The molecule has 0 saturated heterocycles. The molecule has 0 bridgehead atoms. The summed E-state index contributed by atoms with van der Waals surface area (Å²) in [6.45, 7) is 3.57. The number of carboxylic acid groups (broad SMARTS) is 1. The number of amides is 1. The molecule has 0 radical (unpaired) electrons. The highest BCUT2D eigenvalue weighted by atomic mass is 32.2. The van der Waals surface area contributed by atoms with Gasteiger partial charge >= 0.3 is 6.09 Å². The minimum Gasteiger partial charge on any atom is -0.465 e. The van der Waals surface area contributed by atoms with Crippen molar-refractivity contribution in [3.05, 3.63) is 47.8 Å². The molecule has 0 atom stereocenters. The number of aromatic nitrogens is 3. The predicted octanol–water partition coefficient (Wildman–Crippen LogP) is 2.40. The third-order valence-electron chi connectivity index (χ3n) is 3.84. The van der Waals surface area contributed by atoms with E-state index in [0.717, 1.165) is 14.4 Å². The highest BCUT2D eigenvalue weighted by Gasteiger charge is 2.23. The molecule has 0 fully saturated rings. The molecule has 0 aliphatic rings. The average molecular weight is 360 g/mol. The van der Waals surface area contributed by atoms with Crippen molar-refractivity contribution in [2.24, 2.45) is 0 Å². The second-order valence-corrected chi connectivity index (χ2v) is 7.48. The molecule has 3 aromatic rings. The van der Waals surface area contributed by atoms with Gasteiger partial charge in [0.25, 0.3) is 10.0 Å². The Morgan fingerprint density at radius 3 is 2.44 bits per heavy atom. The molecule has 25 heavy (non-hydrogen) atoms. The van der Waals surface area contributed by atoms with Crippen LogP contribution in [-0.2, 0) is 10.0 Å². The SMILES string of the molecule is Cc1ccc(S(=O)(=O)n2cc(C)c3nc(N(C)C(=O)O)cnc32)cc1. The second-order valence-electron chi connectivity index (χ2n) is 5.67. The van der Waals surface area contributed by atoms with Gasteiger partial charge in [0.1, 0.15) is 5.52 Å². The first kappa shape index (κ1) is 16.9. The maximum atomic E-state index is 12.9. The number of aryl methyl sites for hydroxylation is 2. The van der Waals surface area contributed by atoms with Gasteiger partial charge in [-0.1, -0.05) is 17.7 Å². The Balaban J connectivity index is 2.18. The lowest BCUT2D eigenvalue weighted by Gasteiger charge is -2.11. The lowest BCUT2D eigenvalue weighted by molar-refractivity contribution is 0.203. The van der Waals surface area contributed by atoms with Gasteiger partial charge in [0.15, 0.2) is 11.5 Å². The first-order valence-electron chi connectivity index (χ1n) is 7.35. The molecule has 130 valence electrons. The summed E-state index contributed by atoms with van der Waals surface area (Å²) >= 11 is 0. The summed E-state index contributed by atoms with van der Waals surface area (Å²) in [7, 11) is -2.49. The number of carbonyl (C=O) groups is 1. The van der Waals surface area contributed by atoms with Gasteiger partial charge < -0.3 is 5.11 Å². The zero-order chi connectivity index (χ0) is 18.4. The van der Waals surface area contributed by atoms with Crippen LogP contribution in [0.15, 0.2) is 41.6 Å². The molecule has 1 N–H and O–H groups in total. The molecular formula is C16H16N4O4S. The van der Waals surface area contributed by atoms with E-state index in [1.165, 1.54) is 31.6 Å². The Morgan fingerprint density at radius 1 is 1.20 bits per heavy atom. The van der Waals surface area contributed by atoms with Crippen molar-refractivity contribution in [2.45, 2.75) is 18.7 Å². The third kappa shape index (κ3) is 2.82. The molecule has 0 spiro atoms. The summed E-state index contributed by atoms with van der Waals surface area (Å²) in [4.78, 5) is 20.5. The van der Waals surface area contributed by atoms with E-state index in [9.17, 15) is 13.2 Å². The van der Waals surface area contributed by atoms with Gasteiger partial charge in [-0.2, -0.15) is 0 Å². The third-order valence-corrected chi connectivity index (χ3v) is 5.51. The largest absolute Gasteiger partial charge is 0.465 e. The van der Waals surface area contributed by atoms with Crippen LogP contribution >= 0.6 is 0 Å². The van der Waals surface area contributed by atoms with Gasteiger partial charge in [-0.25, -0.2) is 27.2 Å². The van der Waals surface area contributed by atoms with E-state index in [4.69, 9.17) is 5.11 Å². The van der Waals surface area contributed by atoms with E-state index in [2.05, 4.69) is 9.97 Å². The van der Waals surface area contributed by atoms with Crippen molar-refractivity contribution in [3.8, 4) is 0 Å². The van der Waals surface area contributed by atoms with Crippen LogP contribution < -0.4 is 4.90 Å². The van der Waals surface area contributed by atoms with Crippen molar-refractivity contribution in [3.63, 3.8) is 0 Å². The number of benzene rings is 1. The first-order valence-corrected chi connectivity index (χ1v) is 8.79. The summed E-state index contributed by atoms with van der Waals surface area (Å²) in [5, 5.41) is 9.04. The summed E-state index contributed by atoms with van der Waals surface area (Å²) < 4.78 is 26.8. The normalized spacial score (nSPS) is 11.6. The van der Waals surface area contributed by atoms with Crippen LogP contribution in [0.25, 0.3) is 11.2 Å². The van der Waals surface area contributed by atoms with Crippen LogP contribution in [0.4, 0.5) is 10.6 Å². The van der Waals surface area contributed by atoms with Crippen molar-refractivity contribution in [2.75, 3.05) is 11.9 Å². The lowest BCUT2D eigenvalue weighted by atomic mass is 10.2. The molecule has 0 saturated carbocycles. The molecule has 1 amide bonds. The van der Waals surface area contributed by atoms with E-state index in [0.29, 0.717) is 11.1 Å². The fourth-order valence-corrected chi connectivity index (χ4v) is 3.73. The minimum absolute atomic E-state index is 0.119. The Hall–Kier alpha value is -2.94. The van der Waals surface area contributed by atoms with Gasteiger partial charge in [0.2, 0.25) is 0 Å². The van der Waals surface area contributed by atoms with Crippen molar-refractivity contribution < 1.29 is 18.3 Å². The molecular weight excluding hydrogens is 344 g/mol. The van der Waals surface area contributed by atoms with E-state index in [1.54, 1.807) is 19.1 Å². The number of hydrogen-bond donors (Lipinski definition) is 1. The Bertz CT molecular complexity index is 1070. The zero-order valence-corrected chi connectivity index (χ0v) is 14.6. The van der Waals surface area contributed by atoms with Gasteiger partial charge in [-0.3, -0.25) is 4.90 Å². The van der Waals surface area contributed by atoms with Crippen LogP contribution in [0.5, 0.6) is 0 Å². The van der Waals surface area contributed by atoms with Crippen molar-refractivity contribution in [1.82, 2.24) is 13.9 Å². The molecule has 8 nitrogen and oxygen atoms in total. The van der Waals surface area contributed by atoms with E-state index in [1.807, 2.05) is 6.92 Å². The number of hydrogen-bond acceptors (Lipinski definition) is 5. The molecule has 0 aliphatic carbocycles. The molecule has 2 heterocycles. The summed E-state index contributed by atoms with van der Waals surface area (Å²) in [5.41, 5.74) is 2.02. The van der Waals surface area contributed by atoms with E-state index in [-0.39, 0.29) is 16.4 Å². The van der Waals surface area contributed by atoms with Gasteiger partial charge in [-0.15, -0.1) is 0 Å². The van der Waals surface area contributed by atoms with Crippen LogP contribution in [0, 0.1) is 13.8 Å². The second kappa shape index (κ2) is 5.85. The van der Waals surface area contributed by atoms with Crippen LogP contribution in [0.3, 0.4) is 0 Å². The van der Waals surface area contributed by atoms with E-state index < -0.39 is 16.1 Å². The van der Waals surface area contributed by atoms with Crippen molar-refractivity contribution in [1.29, 1.82) is 0 Å².